The van der Waals surface area contributed by atoms with Gasteiger partial charge in [-0.15, -0.1) is 24.0 Å². The number of hydrogen-bond acceptors (Lipinski definition) is 3. The Kier molecular flexibility index (Phi) is 12.8. The smallest absolute Gasteiger partial charge is 0.191 e. The van der Waals surface area contributed by atoms with E-state index >= 15 is 0 Å². The lowest BCUT2D eigenvalue weighted by Gasteiger charge is -2.13. The van der Waals surface area contributed by atoms with Crippen LogP contribution in [0.3, 0.4) is 0 Å². The Bertz CT molecular complexity index is 453. The lowest BCUT2D eigenvalue weighted by molar-refractivity contribution is 0.203. The molecule has 0 aliphatic heterocycles. The molecular weight excluding hydrogens is 405 g/mol. The van der Waals surface area contributed by atoms with Gasteiger partial charge in [0.2, 0.25) is 0 Å². The molecule has 0 amide bonds. The van der Waals surface area contributed by atoms with Crippen molar-refractivity contribution < 1.29 is 9.47 Å². The van der Waals surface area contributed by atoms with Gasteiger partial charge in [0, 0.05) is 25.8 Å². The molecular formula is C17H30IN3O2. The van der Waals surface area contributed by atoms with Crippen molar-refractivity contribution in [3.63, 3.8) is 0 Å². The summed E-state index contributed by atoms with van der Waals surface area (Å²) in [5.41, 5.74) is 1.09. The predicted molar refractivity (Wildman–Crippen MR) is 107 cm³/mol. The fraction of sp³-hybridized carbons (Fsp3) is 0.588. The molecule has 0 fully saturated rings. The summed E-state index contributed by atoms with van der Waals surface area (Å²) in [6.07, 6.45) is 0. The molecule has 0 bridgehead atoms. The van der Waals surface area contributed by atoms with Gasteiger partial charge in [0.05, 0.1) is 19.8 Å². The molecule has 0 aliphatic carbocycles. The number of aliphatic imine (C=N–C) groups is 1. The monoisotopic (exact) mass is 435 g/mol. The van der Waals surface area contributed by atoms with E-state index in [1.165, 1.54) is 0 Å². The number of rotatable bonds is 9. The predicted octanol–water partition coefficient (Wildman–Crippen LogP) is 3.04. The van der Waals surface area contributed by atoms with Crippen LogP contribution in [0.1, 0.15) is 26.3 Å². The molecule has 0 spiro atoms. The Morgan fingerprint density at radius 1 is 1.22 bits per heavy atom. The molecule has 23 heavy (non-hydrogen) atoms. The molecule has 0 saturated heterocycles. The Labute approximate surface area is 157 Å². The molecule has 0 unspecified atom stereocenters. The fourth-order valence-corrected chi connectivity index (χ4v) is 1.81. The molecule has 5 nitrogen and oxygen atoms in total. The number of halogens is 1. The van der Waals surface area contributed by atoms with Crippen molar-refractivity contribution in [3.8, 4) is 5.75 Å². The second-order valence-corrected chi connectivity index (χ2v) is 5.43. The minimum atomic E-state index is 0. The van der Waals surface area contributed by atoms with Crippen LogP contribution < -0.4 is 15.4 Å². The Morgan fingerprint density at radius 2 is 1.96 bits per heavy atom. The highest BCUT2D eigenvalue weighted by Gasteiger charge is 2.04. The second-order valence-electron chi connectivity index (χ2n) is 5.43. The molecule has 0 saturated carbocycles. The highest BCUT2D eigenvalue weighted by molar-refractivity contribution is 14.0. The van der Waals surface area contributed by atoms with Gasteiger partial charge in [-0.1, -0.05) is 32.0 Å². The lowest BCUT2D eigenvalue weighted by Crippen LogP contribution is -2.38. The molecule has 0 aliphatic rings. The molecule has 6 heteroatoms. The summed E-state index contributed by atoms with van der Waals surface area (Å²) in [6, 6.07) is 8.06. The number of para-hydroxylation sites is 1. The molecule has 0 aromatic heterocycles. The summed E-state index contributed by atoms with van der Waals surface area (Å²) < 4.78 is 10.9. The molecule has 1 aromatic carbocycles. The van der Waals surface area contributed by atoms with E-state index in [4.69, 9.17) is 9.47 Å². The average molecular weight is 435 g/mol. The number of methoxy groups -OCH3 is 1. The molecule has 0 radical (unpaired) electrons. The van der Waals surface area contributed by atoms with E-state index in [0.29, 0.717) is 25.7 Å². The van der Waals surface area contributed by atoms with Crippen LogP contribution >= 0.6 is 24.0 Å². The van der Waals surface area contributed by atoms with Crippen LogP contribution in [0.25, 0.3) is 0 Å². The summed E-state index contributed by atoms with van der Waals surface area (Å²) in [4.78, 5) is 4.60. The van der Waals surface area contributed by atoms with E-state index in [0.717, 1.165) is 30.4 Å². The Balaban J connectivity index is 0.00000484. The first-order valence-corrected chi connectivity index (χ1v) is 7.89. The third kappa shape index (κ3) is 9.65. The third-order valence-corrected chi connectivity index (χ3v) is 2.90. The van der Waals surface area contributed by atoms with Crippen molar-refractivity contribution in [2.45, 2.75) is 27.3 Å². The second kappa shape index (κ2) is 13.4. The Hall–Kier alpha value is -1.02. The summed E-state index contributed by atoms with van der Waals surface area (Å²) in [6.45, 7) is 9.83. The summed E-state index contributed by atoms with van der Waals surface area (Å²) in [5.74, 6) is 2.20. The normalized spacial score (nSPS) is 11.1. The maximum Gasteiger partial charge on any atom is 0.191 e. The highest BCUT2D eigenvalue weighted by atomic mass is 127. The average Bonchev–Trinajstić information content (AvgIpc) is 2.51. The van der Waals surface area contributed by atoms with E-state index in [1.807, 2.05) is 25.1 Å². The first kappa shape index (κ1) is 22.0. The standard InChI is InChI=1S/C17H29N3O2.HI/c1-5-18-17(19-10-11-21-4)20-12-15-8-6-7-9-16(15)22-13-14(2)3;/h6-9,14H,5,10-13H2,1-4H3,(H2,18,19,20);1H. The van der Waals surface area contributed by atoms with Crippen LogP contribution in [-0.2, 0) is 11.3 Å². The molecule has 1 rings (SSSR count). The summed E-state index contributed by atoms with van der Waals surface area (Å²) in [5, 5.41) is 6.46. The van der Waals surface area contributed by atoms with Gasteiger partial charge in [-0.2, -0.15) is 0 Å². The Morgan fingerprint density at radius 3 is 2.61 bits per heavy atom. The maximum atomic E-state index is 5.86. The molecule has 132 valence electrons. The van der Waals surface area contributed by atoms with Crippen LogP contribution in [-0.4, -0.2) is 39.4 Å². The maximum absolute atomic E-state index is 5.86. The lowest BCUT2D eigenvalue weighted by atomic mass is 10.2. The van der Waals surface area contributed by atoms with E-state index in [9.17, 15) is 0 Å². The van der Waals surface area contributed by atoms with Crippen LogP contribution in [0.2, 0.25) is 0 Å². The van der Waals surface area contributed by atoms with Gasteiger partial charge < -0.3 is 20.1 Å². The van der Waals surface area contributed by atoms with Crippen molar-refractivity contribution in [2.75, 3.05) is 33.4 Å². The number of benzene rings is 1. The van der Waals surface area contributed by atoms with Crippen molar-refractivity contribution in [1.82, 2.24) is 10.6 Å². The molecule has 0 atom stereocenters. The SMILES string of the molecule is CCNC(=NCc1ccccc1OCC(C)C)NCCOC.I. The number of ether oxygens (including phenoxy) is 2. The summed E-state index contributed by atoms with van der Waals surface area (Å²) in [7, 11) is 1.69. The van der Waals surface area contributed by atoms with Gasteiger partial charge in [-0.05, 0) is 18.9 Å². The quantitative estimate of drug-likeness (QED) is 0.271. The van der Waals surface area contributed by atoms with Gasteiger partial charge in [0.15, 0.2) is 5.96 Å². The minimum Gasteiger partial charge on any atom is -0.493 e. The van der Waals surface area contributed by atoms with E-state index in [2.05, 4.69) is 35.5 Å². The summed E-state index contributed by atoms with van der Waals surface area (Å²) >= 11 is 0. The fourth-order valence-electron chi connectivity index (χ4n) is 1.81. The topological polar surface area (TPSA) is 54.9 Å². The number of nitrogens with zero attached hydrogens (tertiary/aromatic N) is 1. The van der Waals surface area contributed by atoms with Crippen LogP contribution in [0, 0.1) is 5.92 Å². The zero-order valence-electron chi connectivity index (χ0n) is 14.6. The van der Waals surface area contributed by atoms with Crippen molar-refractivity contribution in [2.24, 2.45) is 10.9 Å². The van der Waals surface area contributed by atoms with Crippen LogP contribution in [0.15, 0.2) is 29.3 Å². The zero-order valence-corrected chi connectivity index (χ0v) is 16.9. The van der Waals surface area contributed by atoms with Gasteiger partial charge in [-0.3, -0.25) is 0 Å². The third-order valence-electron chi connectivity index (χ3n) is 2.90. The minimum absolute atomic E-state index is 0. The van der Waals surface area contributed by atoms with E-state index < -0.39 is 0 Å². The van der Waals surface area contributed by atoms with Crippen LogP contribution in [0.4, 0.5) is 0 Å². The molecule has 2 N–H and O–H groups in total. The van der Waals surface area contributed by atoms with E-state index in [-0.39, 0.29) is 24.0 Å². The first-order chi connectivity index (χ1) is 10.7. The highest BCUT2D eigenvalue weighted by Crippen LogP contribution is 2.19. The zero-order chi connectivity index (χ0) is 16.2. The van der Waals surface area contributed by atoms with E-state index in [1.54, 1.807) is 7.11 Å². The van der Waals surface area contributed by atoms with Gasteiger partial charge >= 0.3 is 0 Å². The van der Waals surface area contributed by atoms with Gasteiger partial charge in [-0.25, -0.2) is 4.99 Å². The van der Waals surface area contributed by atoms with Crippen LogP contribution in [0.5, 0.6) is 5.75 Å². The molecule has 1 aromatic rings. The van der Waals surface area contributed by atoms with Crippen molar-refractivity contribution in [3.05, 3.63) is 29.8 Å². The van der Waals surface area contributed by atoms with Gasteiger partial charge in [0.1, 0.15) is 5.75 Å². The van der Waals surface area contributed by atoms with Crippen molar-refractivity contribution in [1.29, 1.82) is 0 Å². The number of guanidine groups is 1. The number of nitrogens with one attached hydrogen (secondary N) is 2. The largest absolute Gasteiger partial charge is 0.493 e. The molecule has 0 heterocycles. The van der Waals surface area contributed by atoms with Gasteiger partial charge in [0.25, 0.3) is 0 Å². The number of hydrogen-bond donors (Lipinski definition) is 2. The van der Waals surface area contributed by atoms with Crippen molar-refractivity contribution >= 4 is 29.9 Å². The first-order valence-electron chi connectivity index (χ1n) is 7.89.